The molecule has 0 radical (unpaired) electrons. The summed E-state index contributed by atoms with van der Waals surface area (Å²) in [6.45, 7) is 2.05. The van der Waals surface area contributed by atoms with E-state index in [-0.39, 0.29) is 18.1 Å². The van der Waals surface area contributed by atoms with E-state index >= 15 is 0 Å². The van der Waals surface area contributed by atoms with E-state index in [2.05, 4.69) is 22.2 Å². The van der Waals surface area contributed by atoms with E-state index in [0.29, 0.717) is 17.3 Å². The highest BCUT2D eigenvalue weighted by molar-refractivity contribution is 5.91. The van der Waals surface area contributed by atoms with Gasteiger partial charge in [-0.3, -0.25) is 4.79 Å². The first kappa shape index (κ1) is 18.5. The van der Waals surface area contributed by atoms with Crippen molar-refractivity contribution in [2.75, 3.05) is 5.32 Å². The third-order valence-electron chi connectivity index (χ3n) is 3.78. The summed E-state index contributed by atoms with van der Waals surface area (Å²) in [6, 6.07) is 14.7. The van der Waals surface area contributed by atoms with Crippen LogP contribution < -0.4 is 10.1 Å². The first-order chi connectivity index (χ1) is 13.1. The third kappa shape index (κ3) is 5.60. The maximum Gasteiger partial charge on any atom is 0.229 e. The molecule has 5 nitrogen and oxygen atoms in total. The molecule has 0 spiro atoms. The minimum atomic E-state index is -0.311. The normalized spacial score (nSPS) is 10.4. The number of nitrogens with zero attached hydrogens (tertiary/aromatic N) is 2. The number of nitrogens with one attached hydrogen (secondary N) is 1. The van der Waals surface area contributed by atoms with Crippen molar-refractivity contribution < 1.29 is 13.9 Å². The van der Waals surface area contributed by atoms with Gasteiger partial charge in [0.1, 0.15) is 29.0 Å². The van der Waals surface area contributed by atoms with Crippen LogP contribution in [0.2, 0.25) is 0 Å². The fourth-order valence-electron chi connectivity index (χ4n) is 2.50. The van der Waals surface area contributed by atoms with Crippen LogP contribution in [0.1, 0.15) is 24.7 Å². The van der Waals surface area contributed by atoms with Gasteiger partial charge < -0.3 is 10.1 Å². The topological polar surface area (TPSA) is 64.1 Å². The molecule has 6 heteroatoms. The molecule has 0 unspecified atom stereocenters. The lowest BCUT2D eigenvalue weighted by Crippen LogP contribution is -2.16. The van der Waals surface area contributed by atoms with Crippen LogP contribution in [-0.4, -0.2) is 15.9 Å². The highest BCUT2D eigenvalue weighted by atomic mass is 19.1. The number of rotatable bonds is 7. The van der Waals surface area contributed by atoms with Crippen LogP contribution in [0, 0.1) is 5.82 Å². The number of halogens is 1. The SMILES string of the molecule is CCCc1nccc(NC(=O)Cc2ccc(Oc3ccc(F)cc3)cc2)n1. The van der Waals surface area contributed by atoms with Crippen molar-refractivity contribution in [1.29, 1.82) is 0 Å². The van der Waals surface area contributed by atoms with E-state index in [1.54, 1.807) is 36.5 Å². The summed E-state index contributed by atoms with van der Waals surface area (Å²) in [5, 5.41) is 2.79. The average molecular weight is 365 g/mol. The van der Waals surface area contributed by atoms with E-state index in [1.165, 1.54) is 12.1 Å². The molecule has 1 amide bonds. The second-order valence-electron chi connectivity index (χ2n) is 6.03. The van der Waals surface area contributed by atoms with Crippen LogP contribution >= 0.6 is 0 Å². The minimum absolute atomic E-state index is 0.150. The first-order valence-electron chi connectivity index (χ1n) is 8.76. The van der Waals surface area contributed by atoms with Crippen molar-refractivity contribution in [3.8, 4) is 11.5 Å². The molecule has 0 fully saturated rings. The van der Waals surface area contributed by atoms with E-state index in [4.69, 9.17) is 4.74 Å². The molecule has 0 saturated carbocycles. The number of aryl methyl sites for hydroxylation is 1. The quantitative estimate of drug-likeness (QED) is 0.667. The zero-order valence-corrected chi connectivity index (χ0v) is 15.0. The summed E-state index contributed by atoms with van der Waals surface area (Å²) in [5.41, 5.74) is 0.849. The molecule has 1 aromatic heterocycles. The summed E-state index contributed by atoms with van der Waals surface area (Å²) in [7, 11) is 0. The zero-order chi connectivity index (χ0) is 19.1. The molecular weight excluding hydrogens is 345 g/mol. The van der Waals surface area contributed by atoms with E-state index < -0.39 is 0 Å². The highest BCUT2D eigenvalue weighted by Gasteiger charge is 2.07. The molecule has 138 valence electrons. The Bertz CT molecular complexity index is 896. The average Bonchev–Trinajstić information content (AvgIpc) is 2.66. The summed E-state index contributed by atoms with van der Waals surface area (Å²) < 4.78 is 18.6. The Morgan fingerprint density at radius 1 is 1.04 bits per heavy atom. The van der Waals surface area contributed by atoms with Crippen LogP contribution in [-0.2, 0) is 17.6 Å². The molecule has 0 aliphatic rings. The number of hydrogen-bond acceptors (Lipinski definition) is 4. The first-order valence-corrected chi connectivity index (χ1v) is 8.76. The number of amides is 1. The number of aromatic nitrogens is 2. The van der Waals surface area contributed by atoms with Gasteiger partial charge >= 0.3 is 0 Å². The largest absolute Gasteiger partial charge is 0.457 e. The molecule has 2 aromatic carbocycles. The fraction of sp³-hybridized carbons (Fsp3) is 0.190. The molecule has 3 rings (SSSR count). The predicted molar refractivity (Wildman–Crippen MR) is 101 cm³/mol. The number of benzene rings is 2. The van der Waals surface area contributed by atoms with E-state index in [9.17, 15) is 9.18 Å². The van der Waals surface area contributed by atoms with Crippen LogP contribution in [0.15, 0.2) is 60.8 Å². The molecular formula is C21H20FN3O2. The second kappa shape index (κ2) is 8.89. The van der Waals surface area contributed by atoms with Crippen molar-refractivity contribution in [1.82, 2.24) is 9.97 Å². The standard InChI is InChI=1S/C21H20FN3O2/c1-2-3-19-23-13-12-20(24-19)25-21(26)14-15-4-8-17(9-5-15)27-18-10-6-16(22)7-11-18/h4-13H,2-3,14H2,1H3,(H,23,24,25,26). The summed E-state index contributed by atoms with van der Waals surface area (Å²) in [6.07, 6.45) is 3.60. The molecule has 1 heterocycles. The van der Waals surface area contributed by atoms with Gasteiger partial charge in [0.15, 0.2) is 0 Å². The summed E-state index contributed by atoms with van der Waals surface area (Å²) in [4.78, 5) is 20.7. The van der Waals surface area contributed by atoms with E-state index in [1.807, 2.05) is 12.1 Å². The van der Waals surface area contributed by atoms with Crippen molar-refractivity contribution in [2.24, 2.45) is 0 Å². The Labute approximate surface area is 157 Å². The molecule has 3 aromatic rings. The Morgan fingerprint density at radius 3 is 2.37 bits per heavy atom. The Kier molecular flexibility index (Phi) is 6.10. The molecule has 0 aliphatic carbocycles. The maximum absolute atomic E-state index is 12.9. The van der Waals surface area contributed by atoms with Crippen LogP contribution in [0.4, 0.5) is 10.2 Å². The number of carbonyl (C=O) groups is 1. The number of carbonyl (C=O) groups excluding carboxylic acids is 1. The van der Waals surface area contributed by atoms with Gasteiger partial charge in [0, 0.05) is 12.6 Å². The molecule has 0 atom stereocenters. The number of hydrogen-bond donors (Lipinski definition) is 1. The van der Waals surface area contributed by atoms with Crippen molar-refractivity contribution >= 4 is 11.7 Å². The molecule has 27 heavy (non-hydrogen) atoms. The molecule has 0 saturated heterocycles. The smallest absolute Gasteiger partial charge is 0.229 e. The number of ether oxygens (including phenoxy) is 1. The van der Waals surface area contributed by atoms with Gasteiger partial charge in [-0.1, -0.05) is 19.1 Å². The van der Waals surface area contributed by atoms with Gasteiger partial charge in [0.2, 0.25) is 5.91 Å². The van der Waals surface area contributed by atoms with Gasteiger partial charge in [0.05, 0.1) is 6.42 Å². The van der Waals surface area contributed by atoms with Crippen molar-refractivity contribution in [3.05, 3.63) is 78.0 Å². The molecule has 0 bridgehead atoms. The lowest BCUT2D eigenvalue weighted by molar-refractivity contribution is -0.115. The predicted octanol–water partition coefficient (Wildman–Crippen LogP) is 4.54. The molecule has 1 N–H and O–H groups in total. The Hall–Kier alpha value is -3.28. The number of anilines is 1. The summed E-state index contributed by atoms with van der Waals surface area (Å²) >= 11 is 0. The van der Waals surface area contributed by atoms with Crippen molar-refractivity contribution in [2.45, 2.75) is 26.2 Å². The van der Waals surface area contributed by atoms with Crippen molar-refractivity contribution in [3.63, 3.8) is 0 Å². The van der Waals surface area contributed by atoms with Crippen LogP contribution in [0.25, 0.3) is 0 Å². The molecule has 0 aliphatic heterocycles. The lowest BCUT2D eigenvalue weighted by atomic mass is 10.1. The van der Waals surface area contributed by atoms with Crippen LogP contribution in [0.5, 0.6) is 11.5 Å². The Balaban J connectivity index is 1.56. The third-order valence-corrected chi connectivity index (χ3v) is 3.78. The minimum Gasteiger partial charge on any atom is -0.457 e. The van der Waals surface area contributed by atoms with Gasteiger partial charge in [-0.25, -0.2) is 14.4 Å². The second-order valence-corrected chi connectivity index (χ2v) is 6.03. The van der Waals surface area contributed by atoms with Gasteiger partial charge in [-0.05, 0) is 54.4 Å². The monoisotopic (exact) mass is 365 g/mol. The van der Waals surface area contributed by atoms with E-state index in [0.717, 1.165) is 24.2 Å². The van der Waals surface area contributed by atoms with Gasteiger partial charge in [-0.2, -0.15) is 0 Å². The highest BCUT2D eigenvalue weighted by Crippen LogP contribution is 2.22. The Morgan fingerprint density at radius 2 is 1.70 bits per heavy atom. The maximum atomic E-state index is 12.9. The zero-order valence-electron chi connectivity index (χ0n) is 15.0. The van der Waals surface area contributed by atoms with Gasteiger partial charge in [-0.15, -0.1) is 0 Å². The summed E-state index contributed by atoms with van der Waals surface area (Å²) in [5.74, 6) is 1.93. The fourth-order valence-corrected chi connectivity index (χ4v) is 2.50. The van der Waals surface area contributed by atoms with Crippen LogP contribution in [0.3, 0.4) is 0 Å². The lowest BCUT2D eigenvalue weighted by Gasteiger charge is -2.08. The van der Waals surface area contributed by atoms with Gasteiger partial charge in [0.25, 0.3) is 0 Å².